The summed E-state index contributed by atoms with van der Waals surface area (Å²) in [5.74, 6) is -1.09. The van der Waals surface area contributed by atoms with Gasteiger partial charge in [-0.3, -0.25) is 0 Å². The number of carboxylic acid groups (broad SMARTS) is 1. The predicted molar refractivity (Wildman–Crippen MR) is 77.0 cm³/mol. The highest BCUT2D eigenvalue weighted by Gasteiger charge is 2.26. The summed E-state index contributed by atoms with van der Waals surface area (Å²) < 4.78 is 24.3. The van der Waals surface area contributed by atoms with Crippen molar-refractivity contribution < 1.29 is 18.3 Å². The van der Waals surface area contributed by atoms with Crippen molar-refractivity contribution in [2.24, 2.45) is 0 Å². The number of hydrogen-bond donors (Lipinski definition) is 1. The number of piperazine rings is 1. The lowest BCUT2D eigenvalue weighted by atomic mass is 10.1. The Morgan fingerprint density at radius 2 is 1.85 bits per heavy atom. The molecule has 1 aromatic rings. The molecule has 1 aliphatic heterocycles. The van der Waals surface area contributed by atoms with E-state index in [9.17, 15) is 18.3 Å². The fraction of sp³-hybridized carbons (Fsp3) is 0.417. The van der Waals surface area contributed by atoms with E-state index in [0.717, 1.165) is 0 Å². The van der Waals surface area contributed by atoms with E-state index in [1.807, 2.05) is 4.90 Å². The van der Waals surface area contributed by atoms with E-state index >= 15 is 0 Å². The number of carbonyl (C=O) groups is 1. The molecule has 1 fully saturated rings. The standard InChI is InChI=1S/C12H15ClN2O4S/c1-20(18,19)15-7-5-14(6-8-15)10-4-2-3-9(13)11(10)12(16)17/h2-4H,5-8H2,1H3,(H,16,17). The Labute approximate surface area is 122 Å². The fourth-order valence-electron chi connectivity index (χ4n) is 2.25. The molecule has 6 nitrogen and oxygen atoms in total. The molecule has 0 atom stereocenters. The highest BCUT2D eigenvalue weighted by molar-refractivity contribution is 7.88. The van der Waals surface area contributed by atoms with Crippen molar-refractivity contribution in [3.8, 4) is 0 Å². The Kier molecular flexibility index (Phi) is 4.22. The molecule has 1 aromatic carbocycles. The van der Waals surface area contributed by atoms with Gasteiger partial charge in [0.1, 0.15) is 5.56 Å². The molecular weight excluding hydrogens is 304 g/mol. The number of halogens is 1. The minimum absolute atomic E-state index is 0.0574. The minimum atomic E-state index is -3.20. The summed E-state index contributed by atoms with van der Waals surface area (Å²) in [4.78, 5) is 13.1. The monoisotopic (exact) mass is 318 g/mol. The average Bonchev–Trinajstić information content (AvgIpc) is 2.37. The third-order valence-corrected chi connectivity index (χ3v) is 4.87. The average molecular weight is 319 g/mol. The molecule has 1 heterocycles. The molecule has 8 heteroatoms. The summed E-state index contributed by atoms with van der Waals surface area (Å²) in [6.45, 7) is 1.55. The SMILES string of the molecule is CS(=O)(=O)N1CCN(c2cccc(Cl)c2C(=O)O)CC1. The van der Waals surface area contributed by atoms with E-state index in [2.05, 4.69) is 0 Å². The van der Waals surface area contributed by atoms with Crippen molar-refractivity contribution >= 4 is 33.3 Å². The van der Waals surface area contributed by atoms with Gasteiger partial charge in [-0.2, -0.15) is 4.31 Å². The maximum atomic E-state index is 11.5. The first-order chi connectivity index (χ1) is 9.30. The van der Waals surface area contributed by atoms with Crippen molar-refractivity contribution in [3.63, 3.8) is 0 Å². The van der Waals surface area contributed by atoms with Gasteiger partial charge >= 0.3 is 5.97 Å². The zero-order valence-corrected chi connectivity index (χ0v) is 12.5. The quantitative estimate of drug-likeness (QED) is 0.903. The van der Waals surface area contributed by atoms with Crippen molar-refractivity contribution in [2.45, 2.75) is 0 Å². The Morgan fingerprint density at radius 3 is 2.35 bits per heavy atom. The molecule has 110 valence electrons. The summed E-state index contributed by atoms with van der Waals surface area (Å²) in [5, 5.41) is 9.42. The van der Waals surface area contributed by atoms with Crippen molar-refractivity contribution in [3.05, 3.63) is 28.8 Å². The number of benzene rings is 1. The third kappa shape index (κ3) is 3.05. The fourth-order valence-corrected chi connectivity index (χ4v) is 3.33. The van der Waals surface area contributed by atoms with Gasteiger partial charge in [0.05, 0.1) is 17.0 Å². The second-order valence-corrected chi connectivity index (χ2v) is 6.98. The topological polar surface area (TPSA) is 77.9 Å². The third-order valence-electron chi connectivity index (χ3n) is 3.25. The van der Waals surface area contributed by atoms with Gasteiger partial charge in [-0.05, 0) is 12.1 Å². The van der Waals surface area contributed by atoms with Crippen LogP contribution in [0.2, 0.25) is 5.02 Å². The zero-order chi connectivity index (χ0) is 14.9. The lowest BCUT2D eigenvalue weighted by molar-refractivity contribution is 0.0697. The number of aromatic carboxylic acids is 1. The van der Waals surface area contributed by atoms with Gasteiger partial charge in [0.15, 0.2) is 0 Å². The summed E-state index contributed by atoms with van der Waals surface area (Å²) in [6, 6.07) is 4.90. The number of rotatable bonds is 3. The largest absolute Gasteiger partial charge is 0.478 e. The van der Waals surface area contributed by atoms with Crippen LogP contribution in [0.15, 0.2) is 18.2 Å². The Balaban J connectivity index is 2.24. The highest BCUT2D eigenvalue weighted by atomic mass is 35.5. The summed E-state index contributed by atoms with van der Waals surface area (Å²) in [7, 11) is -3.20. The van der Waals surface area contributed by atoms with Gasteiger partial charge in [0.25, 0.3) is 0 Å². The van der Waals surface area contributed by atoms with Gasteiger partial charge in [-0.25, -0.2) is 13.2 Å². The predicted octanol–water partition coefficient (Wildman–Crippen LogP) is 1.12. The summed E-state index contributed by atoms with van der Waals surface area (Å²) >= 11 is 5.93. The molecule has 0 unspecified atom stereocenters. The molecule has 0 aromatic heterocycles. The van der Waals surface area contributed by atoms with E-state index in [0.29, 0.717) is 31.9 Å². The first-order valence-corrected chi connectivity index (χ1v) is 8.25. The Morgan fingerprint density at radius 1 is 1.25 bits per heavy atom. The number of nitrogens with zero attached hydrogens (tertiary/aromatic N) is 2. The number of hydrogen-bond acceptors (Lipinski definition) is 4. The van der Waals surface area contributed by atoms with Crippen LogP contribution >= 0.6 is 11.6 Å². The molecule has 0 saturated carbocycles. The molecule has 0 amide bonds. The Hall–Kier alpha value is -1.31. The second-order valence-electron chi connectivity index (χ2n) is 4.59. The van der Waals surface area contributed by atoms with Crippen molar-refractivity contribution in [1.29, 1.82) is 0 Å². The maximum Gasteiger partial charge on any atom is 0.339 e. The smallest absolute Gasteiger partial charge is 0.339 e. The molecular formula is C12H15ClN2O4S. The first kappa shape index (κ1) is 15.1. The van der Waals surface area contributed by atoms with Gasteiger partial charge < -0.3 is 10.0 Å². The molecule has 0 radical (unpaired) electrons. The normalized spacial score (nSPS) is 17.2. The molecule has 20 heavy (non-hydrogen) atoms. The molecule has 1 saturated heterocycles. The van der Waals surface area contributed by atoms with Crippen LogP contribution in [-0.2, 0) is 10.0 Å². The molecule has 1 aliphatic rings. The lowest BCUT2D eigenvalue weighted by Crippen LogP contribution is -2.48. The van der Waals surface area contributed by atoms with Crippen LogP contribution in [0.25, 0.3) is 0 Å². The molecule has 1 N–H and O–H groups in total. The van der Waals surface area contributed by atoms with Crippen LogP contribution in [0.3, 0.4) is 0 Å². The lowest BCUT2D eigenvalue weighted by Gasteiger charge is -2.35. The summed E-state index contributed by atoms with van der Waals surface area (Å²) in [5.41, 5.74) is 0.583. The molecule has 2 rings (SSSR count). The van der Waals surface area contributed by atoms with Crippen molar-refractivity contribution in [1.82, 2.24) is 4.31 Å². The van der Waals surface area contributed by atoms with Crippen LogP contribution in [0, 0.1) is 0 Å². The second kappa shape index (κ2) is 5.59. The molecule has 0 bridgehead atoms. The van der Waals surface area contributed by atoms with E-state index < -0.39 is 16.0 Å². The van der Waals surface area contributed by atoms with E-state index in [4.69, 9.17) is 11.6 Å². The van der Waals surface area contributed by atoms with E-state index in [-0.39, 0.29) is 10.6 Å². The molecule has 0 spiro atoms. The molecule has 0 aliphatic carbocycles. The van der Waals surface area contributed by atoms with Crippen LogP contribution in [0.4, 0.5) is 5.69 Å². The van der Waals surface area contributed by atoms with Crippen LogP contribution < -0.4 is 4.90 Å². The van der Waals surface area contributed by atoms with E-state index in [1.165, 1.54) is 16.6 Å². The van der Waals surface area contributed by atoms with Gasteiger partial charge in [-0.1, -0.05) is 17.7 Å². The number of carboxylic acids is 1. The zero-order valence-electron chi connectivity index (χ0n) is 10.9. The Bertz CT molecular complexity index is 624. The van der Waals surface area contributed by atoms with Gasteiger partial charge in [0, 0.05) is 26.2 Å². The van der Waals surface area contributed by atoms with Gasteiger partial charge in [0.2, 0.25) is 10.0 Å². The van der Waals surface area contributed by atoms with Gasteiger partial charge in [-0.15, -0.1) is 0 Å². The van der Waals surface area contributed by atoms with Crippen LogP contribution in [0.5, 0.6) is 0 Å². The maximum absolute atomic E-state index is 11.5. The van der Waals surface area contributed by atoms with Crippen LogP contribution in [-0.4, -0.2) is 56.2 Å². The number of anilines is 1. The summed E-state index contributed by atoms with van der Waals surface area (Å²) in [6.07, 6.45) is 1.17. The first-order valence-electron chi connectivity index (χ1n) is 6.02. The minimum Gasteiger partial charge on any atom is -0.478 e. The highest BCUT2D eigenvalue weighted by Crippen LogP contribution is 2.28. The number of sulfonamides is 1. The van der Waals surface area contributed by atoms with Crippen LogP contribution in [0.1, 0.15) is 10.4 Å². The van der Waals surface area contributed by atoms with E-state index in [1.54, 1.807) is 12.1 Å². The van der Waals surface area contributed by atoms with Crippen molar-refractivity contribution in [2.75, 3.05) is 37.3 Å².